The first kappa shape index (κ1) is 15.7. The molecule has 2 nitrogen and oxygen atoms in total. The molecular weight excluding hydrogens is 295 g/mol. The summed E-state index contributed by atoms with van der Waals surface area (Å²) in [7, 11) is 0. The number of hydrogen-bond acceptors (Lipinski definition) is 2. The van der Waals surface area contributed by atoms with E-state index >= 15 is 0 Å². The topological polar surface area (TPSA) is 26.3 Å². The highest BCUT2D eigenvalue weighted by Gasteiger charge is 2.57. The maximum absolute atomic E-state index is 12.9. The zero-order chi connectivity index (χ0) is 15.8. The number of rotatable bonds is 4. The molecule has 1 aliphatic carbocycles. The summed E-state index contributed by atoms with van der Waals surface area (Å²) in [6.07, 6.45) is -5.46. The van der Waals surface area contributed by atoms with E-state index in [1.807, 2.05) is 0 Å². The summed E-state index contributed by atoms with van der Waals surface area (Å²) in [5.41, 5.74) is 0.420. The maximum Gasteiger partial charge on any atom is 0.392 e. The van der Waals surface area contributed by atoms with Crippen molar-refractivity contribution in [1.82, 2.24) is 0 Å². The quantitative estimate of drug-likeness (QED) is 0.471. The van der Waals surface area contributed by atoms with E-state index in [4.69, 9.17) is 4.74 Å². The molecule has 0 saturated heterocycles. The van der Waals surface area contributed by atoms with E-state index in [9.17, 15) is 26.7 Å². The summed E-state index contributed by atoms with van der Waals surface area (Å²) in [6.45, 7) is 0.888. The van der Waals surface area contributed by atoms with Crippen molar-refractivity contribution in [3.05, 3.63) is 29.8 Å². The lowest BCUT2D eigenvalue weighted by Gasteiger charge is -2.14. The van der Waals surface area contributed by atoms with Gasteiger partial charge in [0.15, 0.2) is 0 Å². The van der Waals surface area contributed by atoms with Crippen LogP contribution in [-0.2, 0) is 4.79 Å². The third-order valence-electron chi connectivity index (χ3n) is 3.37. The smallest absolute Gasteiger partial charge is 0.392 e. The Morgan fingerprint density at radius 3 is 2.29 bits per heavy atom. The van der Waals surface area contributed by atoms with Gasteiger partial charge in [0.25, 0.3) is 5.92 Å². The minimum Gasteiger partial charge on any atom is -0.427 e. The average Bonchev–Trinajstić information content (AvgIpc) is 2.98. The molecule has 2 unspecified atom stereocenters. The third kappa shape index (κ3) is 3.92. The van der Waals surface area contributed by atoms with Gasteiger partial charge >= 0.3 is 12.1 Å². The van der Waals surface area contributed by atoms with Crippen LogP contribution >= 0.6 is 0 Å². The van der Waals surface area contributed by atoms with Gasteiger partial charge < -0.3 is 4.74 Å². The number of benzene rings is 1. The zero-order valence-electron chi connectivity index (χ0n) is 11.1. The molecule has 0 aromatic heterocycles. The van der Waals surface area contributed by atoms with Gasteiger partial charge in [-0.25, -0.2) is 8.78 Å². The van der Waals surface area contributed by atoms with E-state index in [1.54, 1.807) is 0 Å². The Hall–Kier alpha value is -1.66. The second-order valence-electron chi connectivity index (χ2n) is 5.21. The summed E-state index contributed by atoms with van der Waals surface area (Å²) in [5, 5.41) is 0. The van der Waals surface area contributed by atoms with Crippen LogP contribution in [0, 0.1) is 5.92 Å². The first-order valence-electron chi connectivity index (χ1n) is 6.35. The first-order chi connectivity index (χ1) is 9.59. The molecule has 1 aliphatic rings. The van der Waals surface area contributed by atoms with Crippen LogP contribution in [0.3, 0.4) is 0 Å². The van der Waals surface area contributed by atoms with Crippen LogP contribution in [0.5, 0.6) is 5.75 Å². The van der Waals surface area contributed by atoms with Crippen molar-refractivity contribution < 1.29 is 31.5 Å². The van der Waals surface area contributed by atoms with Gasteiger partial charge in [0.1, 0.15) is 5.75 Å². The second kappa shape index (κ2) is 5.27. The number of alkyl halides is 5. The van der Waals surface area contributed by atoms with Gasteiger partial charge in [-0.05, 0) is 17.7 Å². The fourth-order valence-corrected chi connectivity index (χ4v) is 1.88. The number of carbonyl (C=O) groups excluding carboxylic acids is 1. The second-order valence-corrected chi connectivity index (χ2v) is 5.21. The van der Waals surface area contributed by atoms with Crippen molar-refractivity contribution in [2.75, 3.05) is 0 Å². The van der Waals surface area contributed by atoms with Crippen LogP contribution in [0.1, 0.15) is 31.2 Å². The fourth-order valence-electron chi connectivity index (χ4n) is 1.88. The largest absolute Gasteiger partial charge is 0.427 e. The third-order valence-corrected chi connectivity index (χ3v) is 3.37. The van der Waals surface area contributed by atoms with E-state index < -0.39 is 36.3 Å². The molecule has 0 aliphatic heterocycles. The van der Waals surface area contributed by atoms with Crippen molar-refractivity contribution in [2.45, 2.75) is 37.8 Å². The van der Waals surface area contributed by atoms with Gasteiger partial charge in [0.2, 0.25) is 0 Å². The standard InChI is InChI=1S/C14H13F5O2/c1-8(14(17,18)19)6-12(20)21-10-4-2-9(3-5-10)11-7-13(11,15)16/h2-5,8,11H,6-7H2,1H3. The van der Waals surface area contributed by atoms with Crippen LogP contribution in [0.15, 0.2) is 24.3 Å². The first-order valence-corrected chi connectivity index (χ1v) is 6.35. The Balaban J connectivity index is 1.90. The lowest BCUT2D eigenvalue weighted by atomic mass is 10.1. The molecule has 7 heteroatoms. The van der Waals surface area contributed by atoms with Crippen molar-refractivity contribution >= 4 is 5.97 Å². The van der Waals surface area contributed by atoms with E-state index in [0.29, 0.717) is 5.56 Å². The summed E-state index contributed by atoms with van der Waals surface area (Å²) in [5.74, 6) is -6.28. The van der Waals surface area contributed by atoms with E-state index in [1.165, 1.54) is 24.3 Å². The van der Waals surface area contributed by atoms with Crippen LogP contribution in [0.2, 0.25) is 0 Å². The Bertz CT molecular complexity index is 521. The summed E-state index contributed by atoms with van der Waals surface area (Å²) in [6, 6.07) is 5.39. The van der Waals surface area contributed by atoms with Gasteiger partial charge in [0.05, 0.1) is 18.3 Å². The highest BCUT2D eigenvalue weighted by atomic mass is 19.4. The van der Waals surface area contributed by atoms with E-state index in [2.05, 4.69) is 0 Å². The molecule has 0 radical (unpaired) electrons. The molecule has 0 bridgehead atoms. The van der Waals surface area contributed by atoms with Crippen LogP contribution in [0.4, 0.5) is 22.0 Å². The minimum absolute atomic E-state index is 0.0436. The predicted molar refractivity (Wildman–Crippen MR) is 64.2 cm³/mol. The maximum atomic E-state index is 12.9. The molecule has 1 saturated carbocycles. The van der Waals surface area contributed by atoms with Crippen LogP contribution in [-0.4, -0.2) is 18.1 Å². The number of carbonyl (C=O) groups is 1. The molecule has 2 rings (SSSR count). The lowest BCUT2D eigenvalue weighted by Crippen LogP contribution is -2.24. The van der Waals surface area contributed by atoms with Crippen molar-refractivity contribution in [1.29, 1.82) is 0 Å². The molecule has 1 aromatic rings. The van der Waals surface area contributed by atoms with Crippen LogP contribution < -0.4 is 4.74 Å². The van der Waals surface area contributed by atoms with Gasteiger partial charge in [-0.15, -0.1) is 0 Å². The molecule has 0 heterocycles. The molecule has 0 spiro atoms. The summed E-state index contributed by atoms with van der Waals surface area (Å²) in [4.78, 5) is 11.4. The monoisotopic (exact) mass is 308 g/mol. The molecule has 2 atom stereocenters. The highest BCUT2D eigenvalue weighted by Crippen LogP contribution is 2.55. The number of esters is 1. The van der Waals surface area contributed by atoms with Crippen molar-refractivity contribution in [3.63, 3.8) is 0 Å². The van der Waals surface area contributed by atoms with Gasteiger partial charge in [0, 0.05) is 6.42 Å². The number of halogens is 5. The highest BCUT2D eigenvalue weighted by molar-refractivity contribution is 5.72. The Morgan fingerprint density at radius 2 is 1.86 bits per heavy atom. The zero-order valence-corrected chi connectivity index (χ0v) is 11.1. The normalized spacial score (nSPS) is 21.7. The number of ether oxygens (including phenoxy) is 1. The molecule has 0 N–H and O–H groups in total. The Labute approximate surface area is 117 Å². The summed E-state index contributed by atoms with van der Waals surface area (Å²) >= 11 is 0. The Morgan fingerprint density at radius 1 is 1.33 bits per heavy atom. The van der Waals surface area contributed by atoms with Gasteiger partial charge in [-0.2, -0.15) is 13.2 Å². The van der Waals surface area contributed by atoms with E-state index in [-0.39, 0.29) is 12.2 Å². The molecule has 1 aromatic carbocycles. The average molecular weight is 308 g/mol. The van der Waals surface area contributed by atoms with Gasteiger partial charge in [-0.3, -0.25) is 4.79 Å². The van der Waals surface area contributed by atoms with Crippen molar-refractivity contribution in [3.8, 4) is 5.75 Å². The molecule has 116 valence electrons. The van der Waals surface area contributed by atoms with Crippen molar-refractivity contribution in [2.24, 2.45) is 5.92 Å². The minimum atomic E-state index is -4.46. The SMILES string of the molecule is CC(CC(=O)Oc1ccc(C2CC2(F)F)cc1)C(F)(F)F. The summed E-state index contributed by atoms with van der Waals surface area (Å²) < 4.78 is 67.3. The fraction of sp³-hybridized carbons (Fsp3) is 0.500. The van der Waals surface area contributed by atoms with E-state index in [0.717, 1.165) is 6.92 Å². The van der Waals surface area contributed by atoms with Gasteiger partial charge in [-0.1, -0.05) is 19.1 Å². The lowest BCUT2D eigenvalue weighted by molar-refractivity contribution is -0.177. The van der Waals surface area contributed by atoms with Crippen LogP contribution in [0.25, 0.3) is 0 Å². The number of hydrogen-bond donors (Lipinski definition) is 0. The molecule has 0 amide bonds. The molecule has 1 fully saturated rings. The Kier molecular flexibility index (Phi) is 3.95. The molecule has 21 heavy (non-hydrogen) atoms. The predicted octanol–water partition coefficient (Wildman–Crippen LogP) is 4.30. The molecular formula is C14H13F5O2.